The van der Waals surface area contributed by atoms with Gasteiger partial charge in [0.05, 0.1) is 0 Å². The van der Waals surface area contributed by atoms with Crippen molar-refractivity contribution < 1.29 is 0 Å². The molecule has 1 aliphatic carbocycles. The van der Waals surface area contributed by atoms with Gasteiger partial charge < -0.3 is 5.32 Å². The molecule has 1 aliphatic rings. The quantitative estimate of drug-likeness (QED) is 0.813. The van der Waals surface area contributed by atoms with E-state index < -0.39 is 0 Å². The molecule has 2 atom stereocenters. The van der Waals surface area contributed by atoms with Gasteiger partial charge in [-0.15, -0.1) is 0 Å². The van der Waals surface area contributed by atoms with E-state index in [4.69, 9.17) is 0 Å². The fraction of sp³-hybridized carbons (Fsp3) is 0.571. The Morgan fingerprint density at radius 1 is 1.44 bits per heavy atom. The van der Waals surface area contributed by atoms with Gasteiger partial charge in [0, 0.05) is 11.8 Å². The van der Waals surface area contributed by atoms with Gasteiger partial charge >= 0.3 is 0 Å². The molecule has 0 aromatic heterocycles. The van der Waals surface area contributed by atoms with Crippen molar-refractivity contribution in [2.75, 3.05) is 18.6 Å². The third-order valence-electron chi connectivity index (χ3n) is 3.39. The lowest BCUT2D eigenvalue weighted by molar-refractivity contribution is 0.452. The van der Waals surface area contributed by atoms with Gasteiger partial charge in [-0.25, -0.2) is 0 Å². The minimum absolute atomic E-state index is 0.679. The minimum Gasteiger partial charge on any atom is -0.313 e. The number of rotatable bonds is 6. The summed E-state index contributed by atoms with van der Waals surface area (Å²) in [5.41, 5.74) is 3.15. The monoisotopic (exact) mass is 235 g/mol. The first-order valence-electron chi connectivity index (χ1n) is 6.15. The zero-order valence-electron chi connectivity index (χ0n) is 10.2. The molecule has 1 aromatic rings. The van der Waals surface area contributed by atoms with Crippen molar-refractivity contribution in [2.45, 2.75) is 31.7 Å². The van der Waals surface area contributed by atoms with Crippen LogP contribution in [0.25, 0.3) is 0 Å². The molecular weight excluding hydrogens is 214 g/mol. The third-order valence-corrected chi connectivity index (χ3v) is 4.13. The summed E-state index contributed by atoms with van der Waals surface area (Å²) in [6.45, 7) is 3.28. The Morgan fingerprint density at radius 3 is 2.94 bits per heavy atom. The van der Waals surface area contributed by atoms with E-state index in [1.165, 1.54) is 18.6 Å². The van der Waals surface area contributed by atoms with E-state index in [1.807, 2.05) is 11.8 Å². The van der Waals surface area contributed by atoms with Gasteiger partial charge in [-0.3, -0.25) is 0 Å². The van der Waals surface area contributed by atoms with Crippen LogP contribution in [0.4, 0.5) is 0 Å². The second-order valence-corrected chi connectivity index (χ2v) is 5.46. The molecule has 16 heavy (non-hydrogen) atoms. The maximum Gasteiger partial charge on any atom is 0.0163 e. The molecule has 0 radical (unpaired) electrons. The first kappa shape index (κ1) is 12.0. The number of thioether (sulfide) groups is 1. The average Bonchev–Trinajstić information content (AvgIpc) is 2.26. The van der Waals surface area contributed by atoms with Crippen LogP contribution in [0.2, 0.25) is 0 Å². The van der Waals surface area contributed by atoms with Crippen LogP contribution in [0.3, 0.4) is 0 Å². The maximum atomic E-state index is 3.59. The lowest BCUT2D eigenvalue weighted by Gasteiger charge is -2.33. The molecule has 1 N–H and O–H groups in total. The lowest BCUT2D eigenvalue weighted by Crippen LogP contribution is -2.35. The van der Waals surface area contributed by atoms with Crippen LogP contribution in [0, 0.1) is 0 Å². The Labute approximate surface area is 103 Å². The highest BCUT2D eigenvalue weighted by Gasteiger charge is 2.27. The molecule has 88 valence electrons. The molecule has 0 bridgehead atoms. The fourth-order valence-electron chi connectivity index (χ4n) is 2.62. The smallest absolute Gasteiger partial charge is 0.0163 e. The molecule has 1 nitrogen and oxygen atoms in total. The highest BCUT2D eigenvalue weighted by Crippen LogP contribution is 2.38. The average molecular weight is 235 g/mol. The van der Waals surface area contributed by atoms with Crippen molar-refractivity contribution in [3.8, 4) is 0 Å². The number of benzene rings is 1. The van der Waals surface area contributed by atoms with Crippen LogP contribution in [0.5, 0.6) is 0 Å². The lowest BCUT2D eigenvalue weighted by atomic mass is 9.74. The Hall–Kier alpha value is -0.470. The summed E-state index contributed by atoms with van der Waals surface area (Å²) in [5, 5.41) is 3.59. The second kappa shape index (κ2) is 5.74. The molecule has 0 saturated carbocycles. The summed E-state index contributed by atoms with van der Waals surface area (Å²) in [6.07, 6.45) is 4.78. The SMILES string of the molecule is CCNC(CSC)CC1Cc2ccccc21. The van der Waals surface area contributed by atoms with Crippen LogP contribution >= 0.6 is 11.8 Å². The number of hydrogen-bond donors (Lipinski definition) is 1. The largest absolute Gasteiger partial charge is 0.313 e. The van der Waals surface area contributed by atoms with Gasteiger partial charge in [-0.2, -0.15) is 11.8 Å². The molecule has 0 spiro atoms. The van der Waals surface area contributed by atoms with Crippen LogP contribution in [0.15, 0.2) is 24.3 Å². The molecule has 0 heterocycles. The molecule has 0 fully saturated rings. The summed E-state index contributed by atoms with van der Waals surface area (Å²) in [4.78, 5) is 0. The summed E-state index contributed by atoms with van der Waals surface area (Å²) in [6, 6.07) is 9.56. The zero-order chi connectivity index (χ0) is 11.4. The first-order valence-corrected chi connectivity index (χ1v) is 7.54. The highest BCUT2D eigenvalue weighted by atomic mass is 32.2. The third kappa shape index (κ3) is 2.61. The normalized spacial score (nSPS) is 20.0. The Kier molecular flexibility index (Phi) is 4.30. The van der Waals surface area contributed by atoms with E-state index >= 15 is 0 Å². The van der Waals surface area contributed by atoms with Gasteiger partial charge in [0.25, 0.3) is 0 Å². The summed E-state index contributed by atoms with van der Waals surface area (Å²) in [5.74, 6) is 2.03. The topological polar surface area (TPSA) is 12.0 Å². The Morgan fingerprint density at radius 2 is 2.25 bits per heavy atom. The van der Waals surface area contributed by atoms with Crippen molar-refractivity contribution in [3.63, 3.8) is 0 Å². The fourth-order valence-corrected chi connectivity index (χ4v) is 3.27. The van der Waals surface area contributed by atoms with Gasteiger partial charge in [0.1, 0.15) is 0 Å². The Bertz CT molecular complexity index is 331. The number of nitrogens with one attached hydrogen (secondary N) is 1. The Balaban J connectivity index is 1.91. The van der Waals surface area contributed by atoms with Crippen LogP contribution in [0.1, 0.15) is 30.4 Å². The zero-order valence-corrected chi connectivity index (χ0v) is 11.0. The van der Waals surface area contributed by atoms with Crippen LogP contribution < -0.4 is 5.32 Å². The number of hydrogen-bond acceptors (Lipinski definition) is 2. The molecule has 2 rings (SSSR count). The van der Waals surface area contributed by atoms with Crippen LogP contribution in [-0.4, -0.2) is 24.6 Å². The van der Waals surface area contributed by atoms with Crippen molar-refractivity contribution in [1.82, 2.24) is 5.32 Å². The van der Waals surface area contributed by atoms with E-state index in [0.717, 1.165) is 12.5 Å². The van der Waals surface area contributed by atoms with Gasteiger partial charge in [0.15, 0.2) is 0 Å². The van der Waals surface area contributed by atoms with E-state index in [9.17, 15) is 0 Å². The minimum atomic E-state index is 0.679. The summed E-state index contributed by atoms with van der Waals surface area (Å²) < 4.78 is 0. The second-order valence-electron chi connectivity index (χ2n) is 4.55. The van der Waals surface area contributed by atoms with Gasteiger partial charge in [0.2, 0.25) is 0 Å². The van der Waals surface area contributed by atoms with Crippen LogP contribution in [-0.2, 0) is 6.42 Å². The summed E-state index contributed by atoms with van der Waals surface area (Å²) >= 11 is 1.95. The van der Waals surface area contributed by atoms with E-state index in [1.54, 1.807) is 11.1 Å². The van der Waals surface area contributed by atoms with Gasteiger partial charge in [-0.1, -0.05) is 31.2 Å². The van der Waals surface area contributed by atoms with Crippen molar-refractivity contribution in [3.05, 3.63) is 35.4 Å². The predicted octanol–water partition coefficient (Wildman–Crippen LogP) is 3.06. The highest BCUT2D eigenvalue weighted by molar-refractivity contribution is 7.98. The molecule has 0 saturated heterocycles. The van der Waals surface area contributed by atoms with Crippen molar-refractivity contribution in [1.29, 1.82) is 0 Å². The molecule has 0 amide bonds. The summed E-state index contributed by atoms with van der Waals surface area (Å²) in [7, 11) is 0. The van der Waals surface area contributed by atoms with E-state index in [-0.39, 0.29) is 0 Å². The first-order chi connectivity index (χ1) is 7.85. The van der Waals surface area contributed by atoms with Crippen molar-refractivity contribution in [2.24, 2.45) is 0 Å². The molecular formula is C14H21NS. The van der Waals surface area contributed by atoms with E-state index in [2.05, 4.69) is 42.8 Å². The molecule has 2 unspecified atom stereocenters. The van der Waals surface area contributed by atoms with Crippen molar-refractivity contribution >= 4 is 11.8 Å². The standard InChI is InChI=1S/C14H21NS/c1-3-15-13(10-16-2)9-12-8-11-6-4-5-7-14(11)12/h4-7,12-13,15H,3,8-10H2,1-2H3. The maximum absolute atomic E-state index is 3.59. The molecule has 1 aromatic carbocycles. The number of fused-ring (bicyclic) bond motifs is 1. The van der Waals surface area contributed by atoms with Gasteiger partial charge in [-0.05, 0) is 42.7 Å². The van der Waals surface area contributed by atoms with E-state index in [0.29, 0.717) is 6.04 Å². The molecule has 2 heteroatoms. The molecule has 0 aliphatic heterocycles. The predicted molar refractivity (Wildman–Crippen MR) is 73.4 cm³/mol.